The summed E-state index contributed by atoms with van der Waals surface area (Å²) < 4.78 is 29.0. The number of hydrogen-bond acceptors (Lipinski definition) is 13. The van der Waals surface area contributed by atoms with Crippen LogP contribution in [0.1, 0.15) is 131 Å². The molecule has 1 N–H and O–H groups in total. The monoisotopic (exact) mass is 867 g/mol. The van der Waals surface area contributed by atoms with Crippen molar-refractivity contribution >= 4 is 51.1 Å². The van der Waals surface area contributed by atoms with E-state index < -0.39 is 11.9 Å². The Morgan fingerprint density at radius 1 is 0.806 bits per heavy atom. The number of para-hydroxylation sites is 1. The van der Waals surface area contributed by atoms with Gasteiger partial charge in [-0.25, -0.2) is 14.6 Å². The van der Waals surface area contributed by atoms with Gasteiger partial charge < -0.3 is 29.1 Å². The van der Waals surface area contributed by atoms with Crippen molar-refractivity contribution in [1.82, 2.24) is 10.4 Å². The third-order valence-electron chi connectivity index (χ3n) is 10.9. The van der Waals surface area contributed by atoms with Gasteiger partial charge >= 0.3 is 23.9 Å². The average molecular weight is 868 g/mol. The third kappa shape index (κ3) is 15.4. The number of nitrogens with one attached hydrogen (secondary N) is 1. The van der Waals surface area contributed by atoms with Gasteiger partial charge in [-0.05, 0) is 132 Å². The fraction of sp³-hybridized carbons (Fsp3) is 0.469. The molecule has 1 saturated carbocycles. The summed E-state index contributed by atoms with van der Waals surface area (Å²) in [7, 11) is 0. The minimum atomic E-state index is -0.577. The van der Waals surface area contributed by atoms with E-state index in [0.717, 1.165) is 106 Å². The SMILES string of the molecule is C=CC(=O)OCCCCCCOc1ccc(C(=O)Oc2ccc(OC(=O)C3CCC(CC)CC3)cc2C(=NNCCCCCCCC(=O)OCC)c2nc3ccccc3s2)cc1. The van der Waals surface area contributed by atoms with Gasteiger partial charge in [0.1, 0.15) is 28.0 Å². The molecule has 1 aromatic heterocycles. The molecule has 0 aliphatic heterocycles. The average Bonchev–Trinajstić information content (AvgIpc) is 3.73. The van der Waals surface area contributed by atoms with Crippen molar-refractivity contribution in [3.63, 3.8) is 0 Å². The lowest BCUT2D eigenvalue weighted by molar-refractivity contribution is -0.143. The Kier molecular flexibility index (Phi) is 19.9. The first kappa shape index (κ1) is 47.5. The van der Waals surface area contributed by atoms with Crippen molar-refractivity contribution < 1.29 is 42.9 Å². The number of aromatic nitrogens is 1. The van der Waals surface area contributed by atoms with Crippen LogP contribution in [0.2, 0.25) is 0 Å². The number of ether oxygens (including phenoxy) is 5. The second-order valence-corrected chi connectivity index (χ2v) is 16.5. The van der Waals surface area contributed by atoms with E-state index in [4.69, 9.17) is 33.8 Å². The number of esters is 4. The molecule has 1 heterocycles. The third-order valence-corrected chi connectivity index (χ3v) is 11.9. The highest BCUT2D eigenvalue weighted by Crippen LogP contribution is 2.34. The van der Waals surface area contributed by atoms with Crippen LogP contribution in [0, 0.1) is 11.8 Å². The van der Waals surface area contributed by atoms with E-state index in [1.807, 2.05) is 31.2 Å². The molecule has 5 rings (SSSR count). The van der Waals surface area contributed by atoms with E-state index in [0.29, 0.717) is 72.0 Å². The Labute approximate surface area is 369 Å². The number of rotatable bonds is 26. The number of benzene rings is 3. The fourth-order valence-electron chi connectivity index (χ4n) is 7.25. The van der Waals surface area contributed by atoms with Crippen LogP contribution >= 0.6 is 11.3 Å². The van der Waals surface area contributed by atoms with E-state index in [9.17, 15) is 19.2 Å². The van der Waals surface area contributed by atoms with E-state index in [1.54, 1.807) is 42.5 Å². The number of hydrazone groups is 1. The summed E-state index contributed by atoms with van der Waals surface area (Å²) in [6.07, 6.45) is 14.3. The van der Waals surface area contributed by atoms with Crippen LogP contribution in [0.25, 0.3) is 10.2 Å². The highest BCUT2D eigenvalue weighted by atomic mass is 32.1. The summed E-state index contributed by atoms with van der Waals surface area (Å²) in [4.78, 5) is 55.0. The quantitative estimate of drug-likeness (QED) is 0.0160. The van der Waals surface area contributed by atoms with Gasteiger partial charge in [-0.15, -0.1) is 11.3 Å². The lowest BCUT2D eigenvalue weighted by atomic mass is 9.81. The molecule has 4 aromatic rings. The van der Waals surface area contributed by atoms with Gasteiger partial charge in [0.25, 0.3) is 0 Å². The van der Waals surface area contributed by atoms with Crippen molar-refractivity contribution in [2.45, 2.75) is 110 Å². The molecule has 62 heavy (non-hydrogen) atoms. The normalized spacial score (nSPS) is 15.1. The minimum Gasteiger partial charge on any atom is -0.494 e. The van der Waals surface area contributed by atoms with Crippen LogP contribution in [0.3, 0.4) is 0 Å². The van der Waals surface area contributed by atoms with Crippen LogP contribution in [0.5, 0.6) is 17.2 Å². The van der Waals surface area contributed by atoms with Gasteiger partial charge in [0, 0.05) is 19.0 Å². The standard InChI is InChI=1S/C49H61N3O9S/c1-4-35-21-23-36(24-22-35)48(55)60-39-29-30-42(61-49(56)37-25-27-38(28-26-37)58-32-16-10-11-17-33-59-44(53)5-2)40(34-39)46(47-51-41-18-13-14-19-43(41)62-47)52-50-31-15-9-7-8-12-20-45(54)57-6-3/h5,13-14,18-19,25-30,34-36,50H,2,4,6-12,15-17,20-24,31-33H2,1,3H3. The molecule has 0 saturated heterocycles. The largest absolute Gasteiger partial charge is 0.494 e. The zero-order valence-electron chi connectivity index (χ0n) is 36.2. The molecule has 1 aliphatic carbocycles. The maximum absolute atomic E-state index is 13.7. The summed E-state index contributed by atoms with van der Waals surface area (Å²) in [5.41, 5.74) is 5.26. The van der Waals surface area contributed by atoms with Crippen molar-refractivity contribution in [2.75, 3.05) is 26.4 Å². The molecule has 0 spiro atoms. The van der Waals surface area contributed by atoms with Crippen molar-refractivity contribution in [1.29, 1.82) is 0 Å². The topological polar surface area (TPSA) is 152 Å². The second kappa shape index (κ2) is 26.0. The number of carbonyl (C=O) groups is 4. The summed E-state index contributed by atoms with van der Waals surface area (Å²) in [5, 5.41) is 5.47. The molecule has 3 aromatic carbocycles. The molecule has 0 bridgehead atoms. The lowest BCUT2D eigenvalue weighted by Gasteiger charge is -2.26. The smallest absolute Gasteiger partial charge is 0.343 e. The van der Waals surface area contributed by atoms with Crippen LogP contribution < -0.4 is 19.6 Å². The molecular weight excluding hydrogens is 807 g/mol. The van der Waals surface area contributed by atoms with Gasteiger partial charge in [0.15, 0.2) is 0 Å². The molecule has 1 fully saturated rings. The van der Waals surface area contributed by atoms with E-state index >= 15 is 0 Å². The Hall–Kier alpha value is -5.56. The first-order valence-electron chi connectivity index (χ1n) is 22.2. The summed E-state index contributed by atoms with van der Waals surface area (Å²) in [6, 6.07) is 19.6. The molecule has 0 amide bonds. The summed E-state index contributed by atoms with van der Waals surface area (Å²) >= 11 is 1.47. The van der Waals surface area contributed by atoms with Gasteiger partial charge in [-0.1, -0.05) is 51.3 Å². The maximum atomic E-state index is 13.7. The van der Waals surface area contributed by atoms with Crippen LogP contribution in [0.15, 0.2) is 84.5 Å². The van der Waals surface area contributed by atoms with Gasteiger partial charge in [-0.2, -0.15) is 5.10 Å². The van der Waals surface area contributed by atoms with Crippen LogP contribution in [-0.2, 0) is 23.9 Å². The van der Waals surface area contributed by atoms with E-state index in [1.165, 1.54) is 11.3 Å². The number of fused-ring (bicyclic) bond motifs is 1. The first-order valence-corrected chi connectivity index (χ1v) is 23.0. The van der Waals surface area contributed by atoms with Crippen LogP contribution in [-0.4, -0.2) is 60.9 Å². The van der Waals surface area contributed by atoms with Gasteiger partial charge in [-0.3, -0.25) is 9.59 Å². The first-order chi connectivity index (χ1) is 30.3. The number of carbonyl (C=O) groups excluding carboxylic acids is 4. The molecule has 12 nitrogen and oxygen atoms in total. The molecule has 332 valence electrons. The minimum absolute atomic E-state index is 0.154. The molecule has 1 aliphatic rings. The fourth-order valence-corrected chi connectivity index (χ4v) is 8.22. The highest BCUT2D eigenvalue weighted by Gasteiger charge is 2.28. The number of nitrogens with zero attached hydrogens (tertiary/aromatic N) is 2. The van der Waals surface area contributed by atoms with Crippen molar-refractivity contribution in [3.05, 3.63) is 95.5 Å². The van der Waals surface area contributed by atoms with E-state index in [-0.39, 0.29) is 23.6 Å². The van der Waals surface area contributed by atoms with Gasteiger partial charge in [0.05, 0.1) is 47.1 Å². The molecule has 0 radical (unpaired) electrons. The number of unbranched alkanes of at least 4 members (excludes halogenated alkanes) is 7. The van der Waals surface area contributed by atoms with E-state index in [2.05, 4.69) is 18.9 Å². The predicted molar refractivity (Wildman–Crippen MR) is 242 cm³/mol. The summed E-state index contributed by atoms with van der Waals surface area (Å²) in [6.45, 7) is 9.27. The molecular formula is C49H61N3O9S. The Balaban J connectivity index is 1.30. The zero-order chi connectivity index (χ0) is 43.9. The number of thiazole rings is 1. The molecule has 0 atom stereocenters. The Bertz CT molecular complexity index is 2060. The molecule has 0 unspecified atom stereocenters. The zero-order valence-corrected chi connectivity index (χ0v) is 37.0. The lowest BCUT2D eigenvalue weighted by Crippen LogP contribution is -2.25. The second-order valence-electron chi connectivity index (χ2n) is 15.4. The number of hydrogen-bond donors (Lipinski definition) is 1. The maximum Gasteiger partial charge on any atom is 0.343 e. The predicted octanol–water partition coefficient (Wildman–Crippen LogP) is 10.6. The van der Waals surface area contributed by atoms with Crippen molar-refractivity contribution in [3.8, 4) is 17.2 Å². The van der Waals surface area contributed by atoms with Crippen LogP contribution in [0.4, 0.5) is 0 Å². The van der Waals surface area contributed by atoms with Gasteiger partial charge in [0.2, 0.25) is 0 Å². The highest BCUT2D eigenvalue weighted by molar-refractivity contribution is 7.20. The van der Waals surface area contributed by atoms with Crippen molar-refractivity contribution in [2.24, 2.45) is 16.9 Å². The summed E-state index contributed by atoms with van der Waals surface area (Å²) in [5.74, 6) is 0.265. The Morgan fingerprint density at radius 3 is 2.26 bits per heavy atom. The molecule has 13 heteroatoms. The Morgan fingerprint density at radius 2 is 1.52 bits per heavy atom.